The quantitative estimate of drug-likeness (QED) is 0.728. The van der Waals surface area contributed by atoms with Gasteiger partial charge in [0.2, 0.25) is 0 Å². The second kappa shape index (κ2) is 6.06. The Kier molecular flexibility index (Phi) is 4.68. The van der Waals surface area contributed by atoms with Crippen molar-refractivity contribution in [2.45, 2.75) is 19.8 Å². The van der Waals surface area contributed by atoms with E-state index >= 15 is 0 Å². The number of Topliss-reactive ketones (excluding diaryl/α,β-unsaturated/α-hetero) is 1. The van der Waals surface area contributed by atoms with Gasteiger partial charge in [-0.2, -0.15) is 0 Å². The molecule has 3 heteroatoms. The Morgan fingerprint density at radius 1 is 1.40 bits per heavy atom. The molecule has 0 aliphatic rings. The van der Waals surface area contributed by atoms with Crippen LogP contribution in [0, 0.1) is 0 Å². The number of hydrogen-bond donors (Lipinski definition) is 1. The van der Waals surface area contributed by atoms with E-state index in [4.69, 9.17) is 4.74 Å². The van der Waals surface area contributed by atoms with Crippen LogP contribution in [-0.4, -0.2) is 19.4 Å². The summed E-state index contributed by atoms with van der Waals surface area (Å²) in [5.41, 5.74) is 0.976. The van der Waals surface area contributed by atoms with Crippen LogP contribution in [0.2, 0.25) is 0 Å². The van der Waals surface area contributed by atoms with Crippen LogP contribution >= 0.6 is 0 Å². The average Bonchev–Trinajstić information content (AvgIpc) is 2.24. The van der Waals surface area contributed by atoms with Gasteiger partial charge in [0.15, 0.2) is 0 Å². The number of ketones is 1. The highest BCUT2D eigenvalue weighted by molar-refractivity contribution is 5.75. The third-order valence-electron chi connectivity index (χ3n) is 2.13. The van der Waals surface area contributed by atoms with Gasteiger partial charge in [-0.25, -0.2) is 0 Å². The largest absolute Gasteiger partial charge is 0.495 e. The third-order valence-corrected chi connectivity index (χ3v) is 2.13. The fourth-order valence-electron chi connectivity index (χ4n) is 1.35. The van der Waals surface area contributed by atoms with E-state index in [1.165, 1.54) is 0 Å². The second-order valence-corrected chi connectivity index (χ2v) is 3.43. The molecule has 0 heterocycles. The van der Waals surface area contributed by atoms with E-state index in [1.807, 2.05) is 24.3 Å². The number of methoxy groups -OCH3 is 1. The molecule has 0 saturated carbocycles. The zero-order valence-corrected chi connectivity index (χ0v) is 9.25. The zero-order chi connectivity index (χ0) is 11.1. The number of anilines is 1. The fraction of sp³-hybridized carbons (Fsp3) is 0.417. The van der Waals surface area contributed by atoms with E-state index in [9.17, 15) is 4.79 Å². The first-order valence-electron chi connectivity index (χ1n) is 5.10. The highest BCUT2D eigenvalue weighted by Gasteiger charge is 2.00. The normalized spacial score (nSPS) is 9.73. The van der Waals surface area contributed by atoms with Gasteiger partial charge in [0.1, 0.15) is 11.5 Å². The number of carbonyl (C=O) groups is 1. The first-order chi connectivity index (χ1) is 7.24. The van der Waals surface area contributed by atoms with Crippen molar-refractivity contribution < 1.29 is 9.53 Å². The highest BCUT2D eigenvalue weighted by Crippen LogP contribution is 2.22. The summed E-state index contributed by atoms with van der Waals surface area (Å²) in [6.45, 7) is 2.41. The van der Waals surface area contributed by atoms with Crippen LogP contribution in [0.3, 0.4) is 0 Å². The van der Waals surface area contributed by atoms with Crippen LogP contribution in [0.1, 0.15) is 19.8 Å². The Hall–Kier alpha value is -1.51. The molecule has 1 rings (SSSR count). The molecule has 0 aliphatic heterocycles. The van der Waals surface area contributed by atoms with Crippen LogP contribution in [0.15, 0.2) is 24.3 Å². The molecule has 0 spiro atoms. The summed E-state index contributed by atoms with van der Waals surface area (Å²) in [5.74, 6) is 1.07. The van der Waals surface area contributed by atoms with E-state index in [2.05, 4.69) is 5.32 Å². The van der Waals surface area contributed by atoms with Gasteiger partial charge >= 0.3 is 0 Å². The van der Waals surface area contributed by atoms with Crippen molar-refractivity contribution in [2.75, 3.05) is 19.0 Å². The van der Waals surface area contributed by atoms with Gasteiger partial charge in [-0.05, 0) is 25.5 Å². The Bertz CT molecular complexity index is 323. The summed E-state index contributed by atoms with van der Waals surface area (Å²) in [6, 6.07) is 7.76. The minimum absolute atomic E-state index is 0.233. The number of benzene rings is 1. The fourth-order valence-corrected chi connectivity index (χ4v) is 1.35. The van der Waals surface area contributed by atoms with Crippen LogP contribution < -0.4 is 10.1 Å². The topological polar surface area (TPSA) is 38.3 Å². The lowest BCUT2D eigenvalue weighted by Crippen LogP contribution is -2.04. The minimum atomic E-state index is 0.233. The average molecular weight is 207 g/mol. The SMILES string of the molecule is COc1ccccc1NCCCC(C)=O. The molecule has 1 aromatic carbocycles. The Morgan fingerprint density at radius 2 is 2.13 bits per heavy atom. The summed E-state index contributed by atoms with van der Waals surface area (Å²) in [6.07, 6.45) is 1.48. The number of carbonyl (C=O) groups excluding carboxylic acids is 1. The van der Waals surface area contributed by atoms with Gasteiger partial charge < -0.3 is 14.8 Å². The molecular formula is C12H17NO2. The maximum absolute atomic E-state index is 10.7. The predicted octanol–water partition coefficient (Wildman–Crippen LogP) is 2.48. The monoisotopic (exact) mass is 207 g/mol. The van der Waals surface area contributed by atoms with Crippen molar-refractivity contribution in [1.82, 2.24) is 0 Å². The van der Waals surface area contributed by atoms with Crippen LogP contribution in [0.25, 0.3) is 0 Å². The standard InChI is InChI=1S/C12H17NO2/c1-10(14)6-5-9-13-11-7-3-4-8-12(11)15-2/h3-4,7-8,13H,5-6,9H2,1-2H3. The molecule has 3 nitrogen and oxygen atoms in total. The van der Waals surface area contributed by atoms with Gasteiger partial charge in [-0.1, -0.05) is 12.1 Å². The van der Waals surface area contributed by atoms with Crippen molar-refractivity contribution in [3.05, 3.63) is 24.3 Å². The number of nitrogens with one attached hydrogen (secondary N) is 1. The van der Waals surface area contributed by atoms with Crippen molar-refractivity contribution >= 4 is 11.5 Å². The number of para-hydroxylation sites is 2. The lowest BCUT2D eigenvalue weighted by atomic mass is 10.2. The van der Waals surface area contributed by atoms with E-state index in [0.29, 0.717) is 6.42 Å². The van der Waals surface area contributed by atoms with Crippen LogP contribution in [0.5, 0.6) is 5.75 Å². The molecule has 0 bridgehead atoms. The molecule has 1 N–H and O–H groups in total. The molecule has 0 aromatic heterocycles. The van der Waals surface area contributed by atoms with Gasteiger partial charge in [0, 0.05) is 13.0 Å². The molecule has 0 amide bonds. The van der Waals surface area contributed by atoms with Gasteiger partial charge in [-0.15, -0.1) is 0 Å². The molecule has 0 radical (unpaired) electrons. The lowest BCUT2D eigenvalue weighted by molar-refractivity contribution is -0.117. The molecule has 0 atom stereocenters. The molecule has 0 saturated heterocycles. The Balaban J connectivity index is 2.39. The number of rotatable bonds is 6. The number of hydrogen-bond acceptors (Lipinski definition) is 3. The zero-order valence-electron chi connectivity index (χ0n) is 9.25. The molecule has 15 heavy (non-hydrogen) atoms. The van der Waals surface area contributed by atoms with E-state index in [-0.39, 0.29) is 5.78 Å². The van der Waals surface area contributed by atoms with Crippen molar-refractivity contribution in [2.24, 2.45) is 0 Å². The minimum Gasteiger partial charge on any atom is -0.495 e. The summed E-state index contributed by atoms with van der Waals surface area (Å²) in [5, 5.41) is 3.24. The highest BCUT2D eigenvalue weighted by atomic mass is 16.5. The summed E-state index contributed by atoms with van der Waals surface area (Å²) in [7, 11) is 1.65. The molecule has 82 valence electrons. The van der Waals surface area contributed by atoms with Gasteiger partial charge in [0.05, 0.1) is 12.8 Å². The molecule has 1 aromatic rings. The number of ether oxygens (including phenoxy) is 1. The van der Waals surface area contributed by atoms with Gasteiger partial charge in [-0.3, -0.25) is 0 Å². The lowest BCUT2D eigenvalue weighted by Gasteiger charge is -2.09. The third kappa shape index (κ3) is 4.02. The van der Waals surface area contributed by atoms with E-state index < -0.39 is 0 Å². The maximum atomic E-state index is 10.7. The second-order valence-electron chi connectivity index (χ2n) is 3.43. The molecule has 0 fully saturated rings. The first-order valence-corrected chi connectivity index (χ1v) is 5.10. The smallest absolute Gasteiger partial charge is 0.141 e. The van der Waals surface area contributed by atoms with Crippen molar-refractivity contribution in [1.29, 1.82) is 0 Å². The first kappa shape index (κ1) is 11.6. The van der Waals surface area contributed by atoms with Crippen molar-refractivity contribution in [3.8, 4) is 5.75 Å². The maximum Gasteiger partial charge on any atom is 0.141 e. The Labute approximate surface area is 90.4 Å². The van der Waals surface area contributed by atoms with E-state index in [0.717, 1.165) is 24.4 Å². The summed E-state index contributed by atoms with van der Waals surface area (Å²) in [4.78, 5) is 10.7. The molecule has 0 unspecified atom stereocenters. The summed E-state index contributed by atoms with van der Waals surface area (Å²) >= 11 is 0. The van der Waals surface area contributed by atoms with Crippen LogP contribution in [-0.2, 0) is 4.79 Å². The Morgan fingerprint density at radius 3 is 2.80 bits per heavy atom. The van der Waals surface area contributed by atoms with Crippen LogP contribution in [0.4, 0.5) is 5.69 Å². The van der Waals surface area contributed by atoms with E-state index in [1.54, 1.807) is 14.0 Å². The van der Waals surface area contributed by atoms with Gasteiger partial charge in [0.25, 0.3) is 0 Å². The summed E-state index contributed by atoms with van der Waals surface area (Å²) < 4.78 is 5.19. The predicted molar refractivity (Wildman–Crippen MR) is 61.4 cm³/mol. The molecule has 0 aliphatic carbocycles. The van der Waals surface area contributed by atoms with Crippen molar-refractivity contribution in [3.63, 3.8) is 0 Å². The molecular weight excluding hydrogens is 190 g/mol.